The van der Waals surface area contributed by atoms with Gasteiger partial charge in [-0.25, -0.2) is 9.78 Å². The zero-order valence-electron chi connectivity index (χ0n) is 13.9. The molecule has 1 aromatic carbocycles. The minimum absolute atomic E-state index is 0.0647. The molecule has 26 heavy (non-hydrogen) atoms. The van der Waals surface area contributed by atoms with Gasteiger partial charge in [0.05, 0.1) is 19.3 Å². The Kier molecular flexibility index (Phi) is 4.86. The van der Waals surface area contributed by atoms with E-state index in [4.69, 9.17) is 4.74 Å². The number of carbonyl (C=O) groups excluding carboxylic acids is 1. The number of hydrogen-bond donors (Lipinski definition) is 2. The topological polar surface area (TPSA) is 71.5 Å². The third kappa shape index (κ3) is 3.80. The number of nitrogens with zero attached hydrogens (tertiary/aromatic N) is 1. The van der Waals surface area contributed by atoms with Crippen LogP contribution in [0, 0.1) is 0 Å². The zero-order valence-corrected chi connectivity index (χ0v) is 13.9. The Bertz CT molecular complexity index is 837. The van der Waals surface area contributed by atoms with Crippen molar-refractivity contribution in [3.8, 4) is 0 Å². The maximum Gasteiger partial charge on any atom is 0.433 e. The summed E-state index contributed by atoms with van der Waals surface area (Å²) >= 11 is 0. The number of ether oxygens (including phenoxy) is 1. The number of alkyl halides is 3. The van der Waals surface area contributed by atoms with Gasteiger partial charge >= 0.3 is 12.1 Å². The number of benzene rings is 1. The number of esters is 1. The average Bonchev–Trinajstić information content (AvgIpc) is 3.01. The average molecular weight is 366 g/mol. The van der Waals surface area contributed by atoms with Crippen molar-refractivity contribution >= 4 is 11.8 Å². The minimum Gasteiger partial charge on any atom is -0.465 e. The second-order valence-corrected chi connectivity index (χ2v) is 6.13. The molecule has 0 fully saturated rings. The van der Waals surface area contributed by atoms with Crippen molar-refractivity contribution in [2.24, 2.45) is 0 Å². The number of halogens is 3. The fourth-order valence-corrected chi connectivity index (χ4v) is 3.07. The van der Waals surface area contributed by atoms with E-state index in [0.29, 0.717) is 18.4 Å². The summed E-state index contributed by atoms with van der Waals surface area (Å²) in [6.07, 6.45) is -3.44. The third-order valence-electron chi connectivity index (χ3n) is 4.27. The Morgan fingerprint density at radius 1 is 1.27 bits per heavy atom. The van der Waals surface area contributed by atoms with E-state index in [1.807, 2.05) is 6.07 Å². The van der Waals surface area contributed by atoms with Crippen LogP contribution >= 0.6 is 0 Å². The van der Waals surface area contributed by atoms with Crippen LogP contribution in [0.4, 0.5) is 19.0 Å². The molecular formula is C18H17F3N2O3. The van der Waals surface area contributed by atoms with Crippen LogP contribution in [0.2, 0.25) is 0 Å². The van der Waals surface area contributed by atoms with Gasteiger partial charge in [-0.15, -0.1) is 0 Å². The van der Waals surface area contributed by atoms with Gasteiger partial charge < -0.3 is 15.2 Å². The molecule has 1 aliphatic rings. The highest BCUT2D eigenvalue weighted by atomic mass is 19.4. The lowest BCUT2D eigenvalue weighted by Crippen LogP contribution is -2.21. The van der Waals surface area contributed by atoms with Crippen molar-refractivity contribution in [1.29, 1.82) is 0 Å². The van der Waals surface area contributed by atoms with Gasteiger partial charge in [0.25, 0.3) is 0 Å². The minimum atomic E-state index is -4.59. The number of aromatic nitrogens is 1. The summed E-state index contributed by atoms with van der Waals surface area (Å²) in [5.41, 5.74) is 1.49. The van der Waals surface area contributed by atoms with E-state index in [9.17, 15) is 23.1 Å². The Labute approximate surface area is 147 Å². The standard InChI is InChI=1S/C18H17F3N2O3/c1-26-17(25)12-3-2-11-7-14(8-13(11)6-12)22-16-5-10(9-24)4-15(23-16)18(19,20)21/h2-6,14,24H,7-9H2,1H3,(H,22,23). The summed E-state index contributed by atoms with van der Waals surface area (Å²) in [7, 11) is 1.30. The van der Waals surface area contributed by atoms with Gasteiger partial charge in [0, 0.05) is 6.04 Å². The number of nitrogens with one attached hydrogen (secondary N) is 1. The lowest BCUT2D eigenvalue weighted by molar-refractivity contribution is -0.141. The van der Waals surface area contributed by atoms with Gasteiger partial charge in [0.2, 0.25) is 0 Å². The molecule has 138 valence electrons. The molecule has 2 N–H and O–H groups in total. The lowest BCUT2D eigenvalue weighted by atomic mass is 10.1. The highest BCUT2D eigenvalue weighted by Crippen LogP contribution is 2.31. The van der Waals surface area contributed by atoms with Crippen LogP contribution < -0.4 is 5.32 Å². The Hall–Kier alpha value is -2.61. The number of aliphatic hydroxyl groups is 1. The van der Waals surface area contributed by atoms with E-state index < -0.39 is 24.4 Å². The number of carbonyl (C=O) groups is 1. The van der Waals surface area contributed by atoms with Crippen molar-refractivity contribution in [2.45, 2.75) is 31.7 Å². The molecule has 0 bridgehead atoms. The molecule has 1 aromatic heterocycles. The first-order valence-electron chi connectivity index (χ1n) is 7.96. The predicted octanol–water partition coefficient (Wildman–Crippen LogP) is 2.96. The number of aliphatic hydroxyl groups excluding tert-OH is 1. The largest absolute Gasteiger partial charge is 0.465 e. The van der Waals surface area contributed by atoms with Crippen molar-refractivity contribution in [1.82, 2.24) is 4.98 Å². The van der Waals surface area contributed by atoms with E-state index in [0.717, 1.165) is 17.2 Å². The molecule has 0 spiro atoms. The van der Waals surface area contributed by atoms with Gasteiger partial charge in [-0.3, -0.25) is 0 Å². The molecule has 1 aliphatic carbocycles. The van der Waals surface area contributed by atoms with Crippen molar-refractivity contribution < 1.29 is 27.8 Å². The summed E-state index contributed by atoms with van der Waals surface area (Å²) < 4.78 is 43.5. The number of methoxy groups -OCH3 is 1. The van der Waals surface area contributed by atoms with Crippen molar-refractivity contribution in [3.05, 3.63) is 58.3 Å². The van der Waals surface area contributed by atoms with Gasteiger partial charge in [0.1, 0.15) is 11.5 Å². The predicted molar refractivity (Wildman–Crippen MR) is 87.8 cm³/mol. The van der Waals surface area contributed by atoms with Gasteiger partial charge in [-0.2, -0.15) is 13.2 Å². The normalized spacial score (nSPS) is 16.3. The molecule has 0 aliphatic heterocycles. The van der Waals surface area contributed by atoms with Crippen LogP contribution in [-0.2, 0) is 30.4 Å². The molecule has 1 atom stereocenters. The zero-order chi connectivity index (χ0) is 18.9. The molecule has 3 rings (SSSR count). The Morgan fingerprint density at radius 3 is 2.65 bits per heavy atom. The summed E-state index contributed by atoms with van der Waals surface area (Å²) in [6.45, 7) is -0.506. The first kappa shape index (κ1) is 18.2. The maximum atomic E-state index is 13.0. The lowest BCUT2D eigenvalue weighted by Gasteiger charge is -2.16. The fraction of sp³-hybridized carbons (Fsp3) is 0.333. The summed E-state index contributed by atoms with van der Waals surface area (Å²) in [6, 6.07) is 7.30. The Balaban J connectivity index is 1.79. The van der Waals surface area contributed by atoms with E-state index in [1.165, 1.54) is 13.2 Å². The molecule has 1 heterocycles. The van der Waals surface area contributed by atoms with Crippen LogP contribution in [0.3, 0.4) is 0 Å². The molecule has 8 heteroatoms. The second kappa shape index (κ2) is 6.95. The van der Waals surface area contributed by atoms with Crippen molar-refractivity contribution in [3.63, 3.8) is 0 Å². The SMILES string of the molecule is COC(=O)c1ccc2c(c1)CC(Nc1cc(CO)cc(C(F)(F)F)n1)C2. The fourth-order valence-electron chi connectivity index (χ4n) is 3.07. The third-order valence-corrected chi connectivity index (χ3v) is 4.27. The summed E-state index contributed by atoms with van der Waals surface area (Å²) in [5, 5.41) is 12.2. The van der Waals surface area contributed by atoms with Gasteiger partial charge in [-0.1, -0.05) is 6.07 Å². The second-order valence-electron chi connectivity index (χ2n) is 6.13. The highest BCUT2D eigenvalue weighted by molar-refractivity contribution is 5.89. The smallest absolute Gasteiger partial charge is 0.433 e. The first-order valence-corrected chi connectivity index (χ1v) is 7.96. The maximum absolute atomic E-state index is 13.0. The molecule has 0 radical (unpaired) electrons. The van der Waals surface area contributed by atoms with Crippen molar-refractivity contribution in [2.75, 3.05) is 12.4 Å². The van der Waals surface area contributed by atoms with Gasteiger partial charge in [-0.05, 0) is 53.8 Å². The van der Waals surface area contributed by atoms with E-state index in [1.54, 1.807) is 12.1 Å². The van der Waals surface area contributed by atoms with E-state index >= 15 is 0 Å². The van der Waals surface area contributed by atoms with Crippen LogP contribution in [0.5, 0.6) is 0 Å². The summed E-state index contributed by atoms with van der Waals surface area (Å²) in [5.74, 6) is -0.369. The number of anilines is 1. The molecule has 0 saturated carbocycles. The molecular weight excluding hydrogens is 349 g/mol. The molecule has 2 aromatic rings. The molecule has 5 nitrogen and oxygen atoms in total. The van der Waals surface area contributed by atoms with Crippen LogP contribution in [-0.4, -0.2) is 29.2 Å². The summed E-state index contributed by atoms with van der Waals surface area (Å²) in [4.78, 5) is 15.2. The molecule has 0 saturated heterocycles. The van der Waals surface area contributed by atoms with Crippen LogP contribution in [0.25, 0.3) is 0 Å². The van der Waals surface area contributed by atoms with Gasteiger partial charge in [0.15, 0.2) is 0 Å². The monoisotopic (exact) mass is 366 g/mol. The molecule has 0 amide bonds. The van der Waals surface area contributed by atoms with E-state index in [-0.39, 0.29) is 17.4 Å². The Morgan fingerprint density at radius 2 is 2.00 bits per heavy atom. The van der Waals surface area contributed by atoms with E-state index in [2.05, 4.69) is 10.3 Å². The molecule has 1 unspecified atom stereocenters. The first-order chi connectivity index (χ1) is 12.3. The van der Waals surface area contributed by atoms with Crippen LogP contribution in [0.15, 0.2) is 30.3 Å². The van der Waals surface area contributed by atoms with Crippen LogP contribution in [0.1, 0.15) is 32.7 Å². The number of pyridine rings is 1. The highest BCUT2D eigenvalue weighted by Gasteiger charge is 2.33. The quantitative estimate of drug-likeness (QED) is 0.814. The number of hydrogen-bond acceptors (Lipinski definition) is 5. The number of rotatable bonds is 4. The number of fused-ring (bicyclic) bond motifs is 1.